The van der Waals surface area contributed by atoms with E-state index >= 15 is 0 Å². The number of hydrogen-bond donors (Lipinski definition) is 1. The van der Waals surface area contributed by atoms with Gasteiger partial charge in [-0.2, -0.15) is 5.10 Å². The number of nitrogens with one attached hydrogen (secondary N) is 1. The van der Waals surface area contributed by atoms with Crippen LogP contribution in [0.25, 0.3) is 11.3 Å². The number of ether oxygens (including phenoxy) is 1. The number of aromatic amines is 1. The van der Waals surface area contributed by atoms with Crippen LogP contribution in [-0.4, -0.2) is 35.2 Å². The summed E-state index contributed by atoms with van der Waals surface area (Å²) in [5.74, 6) is -0.515. The number of aromatic nitrogens is 2. The molecule has 0 fully saturated rings. The maximum absolute atomic E-state index is 13.8. The lowest BCUT2D eigenvalue weighted by molar-refractivity contribution is 0.0785. The van der Waals surface area contributed by atoms with E-state index in [1.165, 1.54) is 24.3 Å². The summed E-state index contributed by atoms with van der Waals surface area (Å²) in [6.07, 6.45) is 1.48. The van der Waals surface area contributed by atoms with Crippen LogP contribution in [0, 0.1) is 5.82 Å². The summed E-state index contributed by atoms with van der Waals surface area (Å²) >= 11 is 5.91. The first-order chi connectivity index (χ1) is 12.5. The zero-order valence-corrected chi connectivity index (χ0v) is 15.0. The molecular weight excluding hydrogens is 357 g/mol. The van der Waals surface area contributed by atoms with Gasteiger partial charge in [0, 0.05) is 24.2 Å². The molecule has 0 unspecified atom stereocenters. The van der Waals surface area contributed by atoms with Crippen LogP contribution in [0.15, 0.2) is 48.7 Å². The second-order valence-electron chi connectivity index (χ2n) is 5.80. The summed E-state index contributed by atoms with van der Waals surface area (Å²) in [4.78, 5) is 14.3. The van der Waals surface area contributed by atoms with E-state index in [4.69, 9.17) is 16.3 Å². The molecular formula is C19H17ClFN3O2. The van der Waals surface area contributed by atoms with Crippen LogP contribution in [0.2, 0.25) is 5.02 Å². The Morgan fingerprint density at radius 1 is 1.27 bits per heavy atom. The molecule has 1 heterocycles. The Balaban J connectivity index is 1.80. The summed E-state index contributed by atoms with van der Waals surface area (Å²) in [6, 6.07) is 11.7. The number of rotatable bonds is 5. The fraction of sp³-hybridized carbons (Fsp3) is 0.158. The fourth-order valence-electron chi connectivity index (χ4n) is 2.64. The molecule has 0 radical (unpaired) electrons. The van der Waals surface area contributed by atoms with Crippen molar-refractivity contribution >= 4 is 17.5 Å². The number of amides is 1. The quantitative estimate of drug-likeness (QED) is 0.730. The molecule has 2 aromatic carbocycles. The smallest absolute Gasteiger partial charge is 0.257 e. The Hall–Kier alpha value is -2.86. The van der Waals surface area contributed by atoms with Crippen LogP contribution >= 0.6 is 11.6 Å². The van der Waals surface area contributed by atoms with Crippen molar-refractivity contribution in [3.63, 3.8) is 0 Å². The van der Waals surface area contributed by atoms with E-state index in [1.54, 1.807) is 31.3 Å². The third-order valence-corrected chi connectivity index (χ3v) is 4.24. The summed E-state index contributed by atoms with van der Waals surface area (Å²) < 4.78 is 18.7. The Morgan fingerprint density at radius 3 is 2.65 bits per heavy atom. The average Bonchev–Trinajstić information content (AvgIpc) is 3.11. The molecule has 0 aliphatic heterocycles. The average molecular weight is 374 g/mol. The maximum atomic E-state index is 13.8. The van der Waals surface area contributed by atoms with Crippen molar-refractivity contribution in [1.29, 1.82) is 0 Å². The molecule has 0 aliphatic carbocycles. The minimum atomic E-state index is -0.462. The Labute approximate surface area is 155 Å². The number of nitrogens with zero attached hydrogens (tertiary/aromatic N) is 2. The maximum Gasteiger partial charge on any atom is 0.257 e. The first kappa shape index (κ1) is 17.9. The van der Waals surface area contributed by atoms with E-state index in [2.05, 4.69) is 10.2 Å². The van der Waals surface area contributed by atoms with Crippen molar-refractivity contribution in [2.24, 2.45) is 0 Å². The Bertz CT molecular complexity index is 925. The molecule has 3 rings (SSSR count). The van der Waals surface area contributed by atoms with E-state index in [9.17, 15) is 9.18 Å². The molecule has 3 aromatic rings. The number of carbonyl (C=O) groups excluding carboxylic acids is 1. The lowest BCUT2D eigenvalue weighted by Gasteiger charge is -2.17. The van der Waals surface area contributed by atoms with Crippen molar-refractivity contribution in [2.45, 2.75) is 6.54 Å². The molecule has 0 saturated carbocycles. The zero-order chi connectivity index (χ0) is 18.7. The van der Waals surface area contributed by atoms with Gasteiger partial charge < -0.3 is 9.64 Å². The van der Waals surface area contributed by atoms with Crippen LogP contribution in [0.5, 0.6) is 5.75 Å². The lowest BCUT2D eigenvalue weighted by atomic mass is 10.1. The monoisotopic (exact) mass is 373 g/mol. The first-order valence-corrected chi connectivity index (χ1v) is 8.24. The van der Waals surface area contributed by atoms with Gasteiger partial charge in [-0.25, -0.2) is 4.39 Å². The third kappa shape index (κ3) is 3.70. The number of carbonyl (C=O) groups is 1. The number of benzene rings is 2. The normalized spacial score (nSPS) is 10.6. The highest BCUT2D eigenvalue weighted by Crippen LogP contribution is 2.24. The van der Waals surface area contributed by atoms with Crippen molar-refractivity contribution in [3.8, 4) is 17.0 Å². The number of H-pyrrole nitrogens is 1. The van der Waals surface area contributed by atoms with Crippen molar-refractivity contribution in [1.82, 2.24) is 15.1 Å². The fourth-order valence-corrected chi connectivity index (χ4v) is 2.77. The van der Waals surface area contributed by atoms with Crippen molar-refractivity contribution in [2.75, 3.05) is 14.2 Å². The third-order valence-electron chi connectivity index (χ3n) is 3.99. The van der Waals surface area contributed by atoms with Gasteiger partial charge in [0.05, 0.1) is 24.6 Å². The lowest BCUT2D eigenvalue weighted by Crippen LogP contribution is -2.26. The predicted molar refractivity (Wildman–Crippen MR) is 97.8 cm³/mol. The van der Waals surface area contributed by atoms with Gasteiger partial charge in [0.25, 0.3) is 5.91 Å². The molecule has 0 atom stereocenters. The van der Waals surface area contributed by atoms with Crippen LogP contribution in [-0.2, 0) is 6.54 Å². The van der Waals surface area contributed by atoms with E-state index in [0.717, 1.165) is 5.56 Å². The molecule has 0 spiro atoms. The number of hydrogen-bond acceptors (Lipinski definition) is 3. The summed E-state index contributed by atoms with van der Waals surface area (Å²) in [5.41, 5.74) is 2.51. The molecule has 26 heavy (non-hydrogen) atoms. The SMILES string of the molecule is COc1ccc(CN(C)C(=O)c2cn[nH]c2-c2ccc(Cl)cc2)cc1F. The summed E-state index contributed by atoms with van der Waals surface area (Å²) in [6.45, 7) is 0.255. The predicted octanol–water partition coefficient (Wildman–Crippen LogP) is 4.15. The molecule has 134 valence electrons. The largest absolute Gasteiger partial charge is 0.494 e. The molecule has 5 nitrogen and oxygen atoms in total. The van der Waals surface area contributed by atoms with E-state index < -0.39 is 5.82 Å². The second kappa shape index (κ2) is 7.58. The standard InChI is InChI=1S/C19H17ClFN3O2/c1-24(11-12-3-8-17(26-2)16(21)9-12)19(25)15-10-22-23-18(15)13-4-6-14(20)7-5-13/h3-10H,11H2,1-2H3,(H,22,23). The van der Waals surface area contributed by atoms with Gasteiger partial charge in [0.15, 0.2) is 11.6 Å². The molecule has 0 bridgehead atoms. The molecule has 7 heteroatoms. The Morgan fingerprint density at radius 2 is 2.00 bits per heavy atom. The van der Waals surface area contributed by atoms with Gasteiger partial charge in [0.2, 0.25) is 0 Å². The summed E-state index contributed by atoms with van der Waals surface area (Å²) in [5, 5.41) is 7.45. The highest BCUT2D eigenvalue weighted by atomic mass is 35.5. The molecule has 1 aromatic heterocycles. The van der Waals surface area contributed by atoms with Crippen LogP contribution in [0.1, 0.15) is 15.9 Å². The molecule has 1 amide bonds. The zero-order valence-electron chi connectivity index (χ0n) is 14.3. The van der Waals surface area contributed by atoms with Crippen LogP contribution in [0.3, 0.4) is 0 Å². The van der Waals surface area contributed by atoms with Gasteiger partial charge in [-0.05, 0) is 29.8 Å². The van der Waals surface area contributed by atoms with Crippen molar-refractivity contribution < 1.29 is 13.9 Å². The summed E-state index contributed by atoms with van der Waals surface area (Å²) in [7, 11) is 3.06. The van der Waals surface area contributed by atoms with Gasteiger partial charge in [0.1, 0.15) is 0 Å². The van der Waals surface area contributed by atoms with E-state index in [0.29, 0.717) is 21.8 Å². The van der Waals surface area contributed by atoms with Crippen LogP contribution < -0.4 is 4.74 Å². The van der Waals surface area contributed by atoms with Gasteiger partial charge in [-0.15, -0.1) is 0 Å². The highest BCUT2D eigenvalue weighted by molar-refractivity contribution is 6.30. The number of halogens is 2. The first-order valence-electron chi connectivity index (χ1n) is 7.86. The van der Waals surface area contributed by atoms with Gasteiger partial charge >= 0.3 is 0 Å². The Kier molecular flexibility index (Phi) is 5.23. The minimum absolute atomic E-state index is 0.169. The highest BCUT2D eigenvalue weighted by Gasteiger charge is 2.19. The van der Waals surface area contributed by atoms with Crippen LogP contribution in [0.4, 0.5) is 4.39 Å². The second-order valence-corrected chi connectivity index (χ2v) is 6.23. The van der Waals surface area contributed by atoms with Gasteiger partial charge in [-0.1, -0.05) is 29.8 Å². The topological polar surface area (TPSA) is 58.2 Å². The van der Waals surface area contributed by atoms with Crippen molar-refractivity contribution in [3.05, 3.63) is 70.6 Å². The van der Waals surface area contributed by atoms with Gasteiger partial charge in [-0.3, -0.25) is 9.89 Å². The number of methoxy groups -OCH3 is 1. The molecule has 0 aliphatic rings. The van der Waals surface area contributed by atoms with E-state index in [-0.39, 0.29) is 18.2 Å². The molecule has 1 N–H and O–H groups in total. The minimum Gasteiger partial charge on any atom is -0.494 e. The van der Waals surface area contributed by atoms with E-state index in [1.807, 2.05) is 12.1 Å². The molecule has 0 saturated heterocycles.